The third kappa shape index (κ3) is 4.55. The van der Waals surface area contributed by atoms with E-state index in [4.69, 9.17) is 21.4 Å². The molecule has 36 heavy (non-hydrogen) atoms. The molecule has 1 atom stereocenters. The molecule has 4 rings (SSSR count). The van der Waals surface area contributed by atoms with Crippen molar-refractivity contribution in [3.8, 4) is 11.5 Å². The van der Waals surface area contributed by atoms with Crippen molar-refractivity contribution in [2.75, 3.05) is 12.4 Å². The predicted octanol–water partition coefficient (Wildman–Crippen LogP) is 4.57. The molecule has 1 aromatic carbocycles. The van der Waals surface area contributed by atoms with Gasteiger partial charge in [0.05, 0.1) is 22.7 Å². The van der Waals surface area contributed by atoms with Crippen LogP contribution in [0.25, 0.3) is 28.1 Å². The van der Waals surface area contributed by atoms with E-state index < -0.39 is 5.76 Å². The molecule has 0 aliphatic rings. The van der Waals surface area contributed by atoms with Gasteiger partial charge in [-0.05, 0) is 51.5 Å². The van der Waals surface area contributed by atoms with Crippen LogP contribution in [0, 0.1) is 19.3 Å². The van der Waals surface area contributed by atoms with Crippen LogP contribution in [0.15, 0.2) is 48.5 Å². The fourth-order valence-corrected chi connectivity index (χ4v) is 4.15. The fourth-order valence-electron chi connectivity index (χ4n) is 4.00. The van der Waals surface area contributed by atoms with Gasteiger partial charge < -0.3 is 20.5 Å². The van der Waals surface area contributed by atoms with Gasteiger partial charge >= 0.3 is 5.76 Å². The molecule has 0 bridgehead atoms. The van der Waals surface area contributed by atoms with Crippen LogP contribution in [-0.4, -0.2) is 28.4 Å². The summed E-state index contributed by atoms with van der Waals surface area (Å²) in [4.78, 5) is 31.6. The van der Waals surface area contributed by atoms with Gasteiger partial charge in [-0.15, -0.1) is 0 Å². The minimum absolute atomic E-state index is 0.124. The van der Waals surface area contributed by atoms with Crippen molar-refractivity contribution in [3.63, 3.8) is 0 Å². The molecule has 3 aromatic heterocycles. The number of halogens is 1. The molecule has 186 valence electrons. The number of aryl methyl sites for hydroxylation is 1. The number of allylic oxidation sites excluding steroid dienone is 2. The Kier molecular flexibility index (Phi) is 6.80. The van der Waals surface area contributed by atoms with Crippen molar-refractivity contribution in [1.82, 2.24) is 20.4 Å². The Labute approximate surface area is 210 Å². The van der Waals surface area contributed by atoms with Crippen LogP contribution in [0.4, 0.5) is 5.69 Å². The van der Waals surface area contributed by atoms with Gasteiger partial charge in [-0.3, -0.25) is 14.3 Å². The first-order valence-electron chi connectivity index (χ1n) is 11.1. The molecule has 0 amide bonds. The molecule has 11 heteroatoms. The summed E-state index contributed by atoms with van der Waals surface area (Å²) in [5.41, 5.74) is 4.30. The molecule has 3 heterocycles. The minimum Gasteiger partial charge on any atom is -0.455 e. The largest absolute Gasteiger partial charge is 0.455 e. The highest BCUT2D eigenvalue weighted by Crippen LogP contribution is 2.33. The van der Waals surface area contributed by atoms with E-state index in [9.17, 15) is 9.59 Å². The van der Waals surface area contributed by atoms with Gasteiger partial charge in [0.15, 0.2) is 5.43 Å². The van der Waals surface area contributed by atoms with Crippen LogP contribution in [0.3, 0.4) is 0 Å². The molecule has 10 nitrogen and oxygen atoms in total. The van der Waals surface area contributed by atoms with Gasteiger partial charge in [0, 0.05) is 30.1 Å². The number of nitrogens with zero attached hydrogens (tertiary/aromatic N) is 2. The van der Waals surface area contributed by atoms with E-state index in [2.05, 4.69) is 30.3 Å². The van der Waals surface area contributed by atoms with Gasteiger partial charge in [-0.1, -0.05) is 22.8 Å². The lowest BCUT2D eigenvalue weighted by Gasteiger charge is -2.20. The Balaban J connectivity index is 1.89. The number of H-pyrrole nitrogens is 1. The summed E-state index contributed by atoms with van der Waals surface area (Å²) < 4.78 is 11.0. The zero-order valence-electron chi connectivity index (χ0n) is 20.4. The van der Waals surface area contributed by atoms with E-state index in [1.807, 2.05) is 26.8 Å². The highest BCUT2D eigenvalue weighted by molar-refractivity contribution is 6.29. The number of pyridine rings is 1. The van der Waals surface area contributed by atoms with E-state index in [-0.39, 0.29) is 22.4 Å². The maximum Gasteiger partial charge on any atom is 0.439 e. The zero-order valence-corrected chi connectivity index (χ0v) is 21.1. The van der Waals surface area contributed by atoms with Crippen molar-refractivity contribution in [2.24, 2.45) is 0 Å². The van der Waals surface area contributed by atoms with Gasteiger partial charge in [-0.2, -0.15) is 0 Å². The number of benzene rings is 1. The number of aromatic nitrogens is 3. The number of fused-ring (bicyclic) bond motifs is 1. The standard InChI is InChI=1S/C25H25ClN6O4/c1-11-8-15(14(4)29-18-6-7-19(26)30-20(18)24-31-25(34)36-32-24)23-16(9-11)21(33)12(2)22(35-23)17(10-27)13(3)28-5/h6-10,14,27-29H,1-5H3,(H,31,32,34)/b17-13+,27-10?/t14-/m1/s1. The van der Waals surface area contributed by atoms with Crippen LogP contribution in [0.2, 0.25) is 5.15 Å². The normalized spacial score (nSPS) is 12.8. The van der Waals surface area contributed by atoms with Crippen LogP contribution in [0.1, 0.15) is 42.3 Å². The maximum absolute atomic E-state index is 13.4. The molecule has 0 saturated heterocycles. The number of rotatable bonds is 7. The summed E-state index contributed by atoms with van der Waals surface area (Å²) in [6, 6.07) is 6.67. The maximum atomic E-state index is 13.4. The molecule has 0 unspecified atom stereocenters. The predicted molar refractivity (Wildman–Crippen MR) is 140 cm³/mol. The Morgan fingerprint density at radius 3 is 2.64 bits per heavy atom. The van der Waals surface area contributed by atoms with E-state index in [1.54, 1.807) is 32.2 Å². The van der Waals surface area contributed by atoms with Gasteiger partial charge in [0.25, 0.3) is 0 Å². The average Bonchev–Trinajstić information content (AvgIpc) is 3.29. The monoisotopic (exact) mass is 508 g/mol. The molecule has 0 spiro atoms. The topological polar surface area (TPSA) is 150 Å². The van der Waals surface area contributed by atoms with Gasteiger partial charge in [0.2, 0.25) is 5.82 Å². The Morgan fingerprint density at radius 1 is 1.25 bits per heavy atom. The van der Waals surface area contributed by atoms with Crippen molar-refractivity contribution in [1.29, 1.82) is 5.41 Å². The van der Waals surface area contributed by atoms with Crippen LogP contribution >= 0.6 is 11.6 Å². The van der Waals surface area contributed by atoms with E-state index in [1.165, 1.54) is 6.21 Å². The summed E-state index contributed by atoms with van der Waals surface area (Å²) in [5.74, 6) is -0.258. The first-order valence-corrected chi connectivity index (χ1v) is 11.5. The Bertz CT molecular complexity index is 1630. The summed E-state index contributed by atoms with van der Waals surface area (Å²) in [5, 5.41) is 18.6. The molecular weight excluding hydrogens is 484 g/mol. The summed E-state index contributed by atoms with van der Waals surface area (Å²) in [6.45, 7) is 7.32. The van der Waals surface area contributed by atoms with Gasteiger partial charge in [0.1, 0.15) is 22.2 Å². The van der Waals surface area contributed by atoms with Crippen LogP contribution in [-0.2, 0) is 0 Å². The van der Waals surface area contributed by atoms with Crippen molar-refractivity contribution in [2.45, 2.75) is 33.7 Å². The number of nitrogens with one attached hydrogen (secondary N) is 4. The Morgan fingerprint density at radius 2 is 2.00 bits per heavy atom. The number of hydrogen-bond acceptors (Lipinski definition) is 9. The van der Waals surface area contributed by atoms with E-state index >= 15 is 0 Å². The highest BCUT2D eigenvalue weighted by Gasteiger charge is 2.22. The number of anilines is 1. The molecule has 0 aliphatic heterocycles. The third-order valence-electron chi connectivity index (χ3n) is 5.92. The average molecular weight is 509 g/mol. The Hall–Kier alpha value is -4.18. The number of hydrogen-bond donors (Lipinski definition) is 4. The molecule has 0 radical (unpaired) electrons. The SMILES string of the molecule is CN/C(C)=C(\C=N)c1oc2c([C@@H](C)Nc3ccc(Cl)nc3-c3noc(=O)[nH]3)cc(C)cc2c(=O)c1C. The van der Waals surface area contributed by atoms with Gasteiger partial charge in [-0.25, -0.2) is 9.78 Å². The summed E-state index contributed by atoms with van der Waals surface area (Å²) in [7, 11) is 1.74. The third-order valence-corrected chi connectivity index (χ3v) is 6.13. The molecular formula is C25H25ClN6O4. The van der Waals surface area contributed by atoms with E-state index in [0.717, 1.165) is 11.1 Å². The van der Waals surface area contributed by atoms with Crippen LogP contribution < -0.4 is 21.8 Å². The lowest BCUT2D eigenvalue weighted by molar-refractivity contribution is 0.388. The minimum atomic E-state index is -0.716. The molecule has 0 aliphatic carbocycles. The van der Waals surface area contributed by atoms with Crippen LogP contribution in [0.5, 0.6) is 0 Å². The summed E-state index contributed by atoms with van der Waals surface area (Å²) >= 11 is 6.09. The highest BCUT2D eigenvalue weighted by atomic mass is 35.5. The quantitative estimate of drug-likeness (QED) is 0.209. The second-order valence-electron chi connectivity index (χ2n) is 8.39. The molecule has 0 saturated carbocycles. The molecule has 4 N–H and O–H groups in total. The van der Waals surface area contributed by atoms with Crippen molar-refractivity contribution in [3.05, 3.63) is 78.3 Å². The first kappa shape index (κ1) is 24.9. The lowest BCUT2D eigenvalue weighted by Crippen LogP contribution is -2.15. The zero-order chi connectivity index (χ0) is 26.1. The molecule has 0 fully saturated rings. The van der Waals surface area contributed by atoms with E-state index in [0.29, 0.717) is 44.9 Å². The first-order chi connectivity index (χ1) is 17.1. The number of aromatic amines is 1. The second kappa shape index (κ2) is 9.82. The summed E-state index contributed by atoms with van der Waals surface area (Å²) in [6.07, 6.45) is 1.17. The smallest absolute Gasteiger partial charge is 0.439 e. The fraction of sp³-hybridized carbons (Fsp3) is 0.240. The molecule has 4 aromatic rings. The second-order valence-corrected chi connectivity index (χ2v) is 8.78. The van der Waals surface area contributed by atoms with Crippen molar-refractivity contribution >= 4 is 40.0 Å². The van der Waals surface area contributed by atoms with Crippen molar-refractivity contribution < 1.29 is 8.94 Å². The lowest BCUT2D eigenvalue weighted by atomic mass is 9.98.